The third-order valence-corrected chi connectivity index (χ3v) is 3.63. The smallest absolute Gasteiger partial charge is 0.119 e. The molecular formula is C18H22O2. The van der Waals surface area contributed by atoms with E-state index in [1.54, 1.807) is 7.11 Å². The molecule has 0 saturated heterocycles. The highest BCUT2D eigenvalue weighted by Crippen LogP contribution is 2.22. The normalized spacial score (nSPS) is 11.9. The summed E-state index contributed by atoms with van der Waals surface area (Å²) in [5.74, 6) is 2.38. The van der Waals surface area contributed by atoms with Gasteiger partial charge in [-0.25, -0.2) is 0 Å². The highest BCUT2D eigenvalue weighted by atomic mass is 16.5. The Balaban J connectivity index is 1.93. The minimum Gasteiger partial charge on any atom is -0.497 e. The molecule has 0 N–H and O–H groups in total. The van der Waals surface area contributed by atoms with Gasteiger partial charge < -0.3 is 9.47 Å². The van der Waals surface area contributed by atoms with Gasteiger partial charge in [-0.05, 0) is 47.7 Å². The molecule has 1 atom stereocenters. The maximum atomic E-state index is 5.79. The number of hydrogen-bond donors (Lipinski definition) is 0. The second-order valence-corrected chi connectivity index (χ2v) is 5.02. The molecule has 0 bridgehead atoms. The van der Waals surface area contributed by atoms with E-state index in [0.717, 1.165) is 23.5 Å². The SMILES string of the molecule is CCC(C)c1ccc(OCc2ccc(OC)cc2)cc1. The van der Waals surface area contributed by atoms with Crippen LogP contribution in [0.3, 0.4) is 0 Å². The van der Waals surface area contributed by atoms with Crippen molar-refractivity contribution in [2.24, 2.45) is 0 Å². The number of benzene rings is 2. The van der Waals surface area contributed by atoms with Crippen LogP contribution in [-0.2, 0) is 6.61 Å². The summed E-state index contributed by atoms with van der Waals surface area (Å²) in [7, 11) is 1.67. The quantitative estimate of drug-likeness (QED) is 0.751. The van der Waals surface area contributed by atoms with Crippen LogP contribution in [0.25, 0.3) is 0 Å². The zero-order valence-corrected chi connectivity index (χ0v) is 12.4. The largest absolute Gasteiger partial charge is 0.497 e. The van der Waals surface area contributed by atoms with Gasteiger partial charge in [0.2, 0.25) is 0 Å². The summed E-state index contributed by atoms with van der Waals surface area (Å²) in [6, 6.07) is 16.3. The van der Waals surface area contributed by atoms with Crippen molar-refractivity contribution in [1.82, 2.24) is 0 Å². The molecule has 0 aliphatic carbocycles. The predicted octanol–water partition coefficient (Wildman–Crippen LogP) is 4.79. The molecule has 0 saturated carbocycles. The molecule has 2 rings (SSSR count). The van der Waals surface area contributed by atoms with Crippen LogP contribution in [0.2, 0.25) is 0 Å². The number of methoxy groups -OCH3 is 1. The molecule has 2 heteroatoms. The van der Waals surface area contributed by atoms with Crippen molar-refractivity contribution in [2.45, 2.75) is 32.8 Å². The van der Waals surface area contributed by atoms with Crippen molar-refractivity contribution in [3.8, 4) is 11.5 Å². The average molecular weight is 270 g/mol. The standard InChI is InChI=1S/C18H22O2/c1-4-14(2)16-7-11-18(12-8-16)20-13-15-5-9-17(19-3)10-6-15/h5-12,14H,4,13H2,1-3H3. The van der Waals surface area contributed by atoms with Crippen molar-refractivity contribution in [3.05, 3.63) is 59.7 Å². The van der Waals surface area contributed by atoms with Gasteiger partial charge in [0.25, 0.3) is 0 Å². The zero-order chi connectivity index (χ0) is 14.4. The Morgan fingerprint density at radius 3 is 2.05 bits per heavy atom. The molecule has 0 spiro atoms. The van der Waals surface area contributed by atoms with E-state index in [0.29, 0.717) is 12.5 Å². The highest BCUT2D eigenvalue weighted by Gasteiger charge is 2.03. The molecule has 2 aromatic rings. The summed E-state index contributed by atoms with van der Waals surface area (Å²) >= 11 is 0. The van der Waals surface area contributed by atoms with Gasteiger partial charge in [-0.15, -0.1) is 0 Å². The molecule has 0 radical (unpaired) electrons. The third kappa shape index (κ3) is 3.77. The molecule has 0 heterocycles. The summed E-state index contributed by atoms with van der Waals surface area (Å²) < 4.78 is 10.9. The van der Waals surface area contributed by atoms with Gasteiger partial charge >= 0.3 is 0 Å². The van der Waals surface area contributed by atoms with E-state index in [-0.39, 0.29) is 0 Å². The summed E-state index contributed by atoms with van der Waals surface area (Å²) in [5.41, 5.74) is 2.50. The average Bonchev–Trinajstić information content (AvgIpc) is 2.53. The van der Waals surface area contributed by atoms with Gasteiger partial charge in [0, 0.05) is 0 Å². The molecule has 0 aromatic heterocycles. The number of hydrogen-bond acceptors (Lipinski definition) is 2. The molecule has 0 aliphatic rings. The van der Waals surface area contributed by atoms with Gasteiger partial charge in [-0.1, -0.05) is 38.1 Å². The van der Waals surface area contributed by atoms with Crippen LogP contribution in [0.15, 0.2) is 48.5 Å². The Morgan fingerprint density at radius 1 is 0.900 bits per heavy atom. The second-order valence-electron chi connectivity index (χ2n) is 5.02. The summed E-state index contributed by atoms with van der Waals surface area (Å²) in [6.07, 6.45) is 1.16. The Bertz CT molecular complexity index is 514. The lowest BCUT2D eigenvalue weighted by atomic mass is 9.99. The number of rotatable bonds is 6. The molecule has 0 fully saturated rings. The van der Waals surface area contributed by atoms with E-state index < -0.39 is 0 Å². The molecule has 0 aliphatic heterocycles. The Kier molecular flexibility index (Phi) is 5.05. The zero-order valence-electron chi connectivity index (χ0n) is 12.4. The molecule has 1 unspecified atom stereocenters. The van der Waals surface area contributed by atoms with Crippen LogP contribution < -0.4 is 9.47 Å². The van der Waals surface area contributed by atoms with E-state index in [2.05, 4.69) is 26.0 Å². The topological polar surface area (TPSA) is 18.5 Å². The lowest BCUT2D eigenvalue weighted by molar-refractivity contribution is 0.306. The highest BCUT2D eigenvalue weighted by molar-refractivity contribution is 5.30. The fourth-order valence-corrected chi connectivity index (χ4v) is 2.02. The number of ether oxygens (including phenoxy) is 2. The lowest BCUT2D eigenvalue weighted by Crippen LogP contribution is -1.96. The van der Waals surface area contributed by atoms with Crippen LogP contribution >= 0.6 is 0 Å². The minimum atomic E-state index is 0.576. The second kappa shape index (κ2) is 6.99. The predicted molar refractivity (Wildman–Crippen MR) is 82.5 cm³/mol. The fourth-order valence-electron chi connectivity index (χ4n) is 2.02. The van der Waals surface area contributed by atoms with E-state index in [9.17, 15) is 0 Å². The van der Waals surface area contributed by atoms with E-state index >= 15 is 0 Å². The molecule has 2 nitrogen and oxygen atoms in total. The van der Waals surface area contributed by atoms with Crippen molar-refractivity contribution < 1.29 is 9.47 Å². The van der Waals surface area contributed by atoms with Gasteiger partial charge in [0.1, 0.15) is 18.1 Å². The van der Waals surface area contributed by atoms with Gasteiger partial charge in [-0.2, -0.15) is 0 Å². The first kappa shape index (κ1) is 14.4. The summed E-state index contributed by atoms with van der Waals surface area (Å²) in [5, 5.41) is 0. The Labute approximate surface area is 121 Å². The molecule has 0 amide bonds. The molecule has 106 valence electrons. The molecular weight excluding hydrogens is 248 g/mol. The minimum absolute atomic E-state index is 0.576. The first-order chi connectivity index (χ1) is 9.72. The summed E-state index contributed by atoms with van der Waals surface area (Å²) in [6.45, 7) is 5.03. The monoisotopic (exact) mass is 270 g/mol. The first-order valence-electron chi connectivity index (χ1n) is 7.08. The fraction of sp³-hybridized carbons (Fsp3) is 0.333. The van der Waals surface area contributed by atoms with E-state index in [1.807, 2.05) is 36.4 Å². The third-order valence-electron chi connectivity index (χ3n) is 3.63. The van der Waals surface area contributed by atoms with Gasteiger partial charge in [0.15, 0.2) is 0 Å². The van der Waals surface area contributed by atoms with Crippen LogP contribution in [0.5, 0.6) is 11.5 Å². The van der Waals surface area contributed by atoms with Crippen LogP contribution in [0, 0.1) is 0 Å². The van der Waals surface area contributed by atoms with Gasteiger partial charge in [-0.3, -0.25) is 0 Å². The lowest BCUT2D eigenvalue weighted by Gasteiger charge is -2.11. The Morgan fingerprint density at radius 2 is 1.50 bits per heavy atom. The van der Waals surface area contributed by atoms with Crippen molar-refractivity contribution >= 4 is 0 Å². The first-order valence-corrected chi connectivity index (χ1v) is 7.08. The summed E-state index contributed by atoms with van der Waals surface area (Å²) in [4.78, 5) is 0. The molecule has 20 heavy (non-hydrogen) atoms. The maximum absolute atomic E-state index is 5.79. The van der Waals surface area contributed by atoms with E-state index in [4.69, 9.17) is 9.47 Å². The van der Waals surface area contributed by atoms with Crippen molar-refractivity contribution in [1.29, 1.82) is 0 Å². The van der Waals surface area contributed by atoms with Gasteiger partial charge in [0.05, 0.1) is 7.11 Å². The molecule has 2 aromatic carbocycles. The van der Waals surface area contributed by atoms with Crippen molar-refractivity contribution in [3.63, 3.8) is 0 Å². The Hall–Kier alpha value is -1.96. The van der Waals surface area contributed by atoms with Crippen LogP contribution in [0.1, 0.15) is 37.3 Å². The van der Waals surface area contributed by atoms with E-state index in [1.165, 1.54) is 5.56 Å². The van der Waals surface area contributed by atoms with Crippen molar-refractivity contribution in [2.75, 3.05) is 7.11 Å². The maximum Gasteiger partial charge on any atom is 0.119 e. The van der Waals surface area contributed by atoms with Crippen LogP contribution in [0.4, 0.5) is 0 Å². The van der Waals surface area contributed by atoms with Crippen LogP contribution in [-0.4, -0.2) is 7.11 Å².